The van der Waals surface area contributed by atoms with E-state index in [-0.39, 0.29) is 8.73 Å². The minimum atomic E-state index is -1.26. The Balaban J connectivity index is 1.13. The first-order chi connectivity index (χ1) is 35.7. The van der Waals surface area contributed by atoms with Crippen molar-refractivity contribution in [1.82, 2.24) is 0 Å². The zero-order valence-corrected chi connectivity index (χ0v) is 41.4. The molecular formula is C66H50N4P2. The normalized spacial score (nSPS) is 13.0. The Morgan fingerprint density at radius 1 is 0.333 bits per heavy atom. The molecular weight excluding hydrogens is 911 g/mol. The SMILES string of the molecule is c1ccc(PN(c2cccc(-c3ccccc3)c2)c2cc3c(cc2Nc2cccc(-c4ccccc4)c2)N(c2cccc(-c4ccccc4)c2)P(c2ccccc2)N3c2cccc(-c3ccccc3)c2)cc1. The summed E-state index contributed by atoms with van der Waals surface area (Å²) in [4.78, 5) is 0. The molecule has 1 N–H and O–H groups in total. The Morgan fingerprint density at radius 3 is 1.25 bits per heavy atom. The van der Waals surface area contributed by atoms with Crippen molar-refractivity contribution in [3.05, 3.63) is 291 Å². The van der Waals surface area contributed by atoms with Crippen molar-refractivity contribution in [2.24, 2.45) is 0 Å². The van der Waals surface area contributed by atoms with Crippen molar-refractivity contribution in [3.8, 4) is 44.5 Å². The van der Waals surface area contributed by atoms with Crippen molar-refractivity contribution in [1.29, 1.82) is 0 Å². The van der Waals surface area contributed by atoms with Gasteiger partial charge in [-0.05, 0) is 110 Å². The van der Waals surface area contributed by atoms with E-state index >= 15 is 0 Å². The minimum Gasteiger partial charge on any atom is -0.354 e. The van der Waals surface area contributed by atoms with Crippen LogP contribution in [-0.4, -0.2) is 0 Å². The van der Waals surface area contributed by atoms with Crippen molar-refractivity contribution >= 4 is 73.1 Å². The summed E-state index contributed by atoms with van der Waals surface area (Å²) >= 11 is 0. The summed E-state index contributed by atoms with van der Waals surface area (Å²) in [7, 11) is -0.991. The second-order valence-electron chi connectivity index (χ2n) is 17.7. The van der Waals surface area contributed by atoms with Crippen LogP contribution in [0.4, 0.5) is 45.5 Å². The molecule has 6 heteroatoms. The fourth-order valence-corrected chi connectivity index (χ4v) is 13.3. The number of anilines is 8. The first-order valence-electron chi connectivity index (χ1n) is 24.3. The lowest BCUT2D eigenvalue weighted by atomic mass is 10.0. The maximum Gasteiger partial charge on any atom is 0.138 e. The molecule has 11 aromatic rings. The summed E-state index contributed by atoms with van der Waals surface area (Å²) in [5, 5.41) is 6.54. The molecule has 1 aliphatic rings. The summed E-state index contributed by atoms with van der Waals surface area (Å²) in [5.41, 5.74) is 18.0. The molecule has 1 aliphatic heterocycles. The van der Waals surface area contributed by atoms with E-state index in [1.54, 1.807) is 0 Å². The standard InChI is InChI=1S/C66H50N4P2/c1-7-23-49(24-8-1)53-31-19-35-57(43-53)67-63-47-65-66(48-64(63)68(71-61-39-15-5-16-40-61)58-36-20-32-54(44-58)50-25-9-2-10-26-50)70(60-38-22-34-56(46-60)52-29-13-4-14-30-52)72(62-41-17-6-18-42-62)69(65)59-37-21-33-55(45-59)51-27-11-3-12-28-51/h1-48,67,71H. The van der Waals surface area contributed by atoms with E-state index in [1.165, 1.54) is 49.6 Å². The van der Waals surface area contributed by atoms with Crippen LogP contribution >= 0.6 is 17.0 Å². The Hall–Kier alpha value is -8.52. The molecule has 0 aromatic heterocycles. The van der Waals surface area contributed by atoms with Crippen LogP contribution in [0.1, 0.15) is 0 Å². The number of rotatable bonds is 13. The molecule has 12 rings (SSSR count). The Morgan fingerprint density at radius 2 is 0.736 bits per heavy atom. The molecule has 2 unspecified atom stereocenters. The fraction of sp³-hybridized carbons (Fsp3) is 0. The lowest BCUT2D eigenvalue weighted by molar-refractivity contribution is 1.38. The molecule has 0 fully saturated rings. The third-order valence-corrected chi connectivity index (χ3v) is 16.8. The predicted molar refractivity (Wildman–Crippen MR) is 311 cm³/mol. The van der Waals surface area contributed by atoms with E-state index in [9.17, 15) is 0 Å². The summed E-state index contributed by atoms with van der Waals surface area (Å²) in [6.45, 7) is 0. The lowest BCUT2D eigenvalue weighted by Gasteiger charge is -2.33. The fourth-order valence-electron chi connectivity index (χ4n) is 9.59. The van der Waals surface area contributed by atoms with Crippen LogP contribution < -0.4 is 29.9 Å². The van der Waals surface area contributed by atoms with Crippen LogP contribution in [-0.2, 0) is 0 Å². The average Bonchev–Trinajstić information content (AvgIpc) is 3.80. The van der Waals surface area contributed by atoms with Crippen LogP contribution in [0.5, 0.6) is 0 Å². The van der Waals surface area contributed by atoms with Crippen molar-refractivity contribution in [2.45, 2.75) is 0 Å². The second-order valence-corrected chi connectivity index (χ2v) is 20.9. The van der Waals surface area contributed by atoms with Gasteiger partial charge in [-0.3, -0.25) is 9.34 Å². The predicted octanol–water partition coefficient (Wildman–Crippen LogP) is 18.1. The van der Waals surface area contributed by atoms with Gasteiger partial charge in [0.05, 0.1) is 22.7 Å². The number of fused-ring (bicyclic) bond motifs is 1. The molecule has 0 aliphatic carbocycles. The van der Waals surface area contributed by atoms with Gasteiger partial charge >= 0.3 is 0 Å². The van der Waals surface area contributed by atoms with Crippen LogP contribution in [0, 0.1) is 0 Å². The van der Waals surface area contributed by atoms with Crippen molar-refractivity contribution in [3.63, 3.8) is 0 Å². The molecule has 0 saturated carbocycles. The molecule has 0 spiro atoms. The number of nitrogens with one attached hydrogen (secondary N) is 1. The first-order valence-corrected chi connectivity index (χ1v) is 26.5. The average molecular weight is 961 g/mol. The Kier molecular flexibility index (Phi) is 12.7. The van der Waals surface area contributed by atoms with Gasteiger partial charge in [0.15, 0.2) is 0 Å². The topological polar surface area (TPSA) is 21.8 Å². The molecule has 0 bridgehead atoms. The summed E-state index contributed by atoms with van der Waals surface area (Å²) in [6, 6.07) is 106. The van der Waals surface area contributed by atoms with Crippen LogP contribution in [0.2, 0.25) is 0 Å². The Labute approximate surface area is 425 Å². The maximum atomic E-state index is 4.07. The van der Waals surface area contributed by atoms with E-state index in [4.69, 9.17) is 0 Å². The molecule has 72 heavy (non-hydrogen) atoms. The zero-order valence-electron chi connectivity index (χ0n) is 39.5. The van der Waals surface area contributed by atoms with E-state index in [0.29, 0.717) is 0 Å². The number of benzene rings is 11. The zero-order chi connectivity index (χ0) is 48.1. The van der Waals surface area contributed by atoms with E-state index in [1.807, 2.05) is 0 Å². The maximum absolute atomic E-state index is 4.07. The first kappa shape index (κ1) is 44.7. The third kappa shape index (κ3) is 9.30. The monoisotopic (exact) mass is 960 g/mol. The molecule has 2 atom stereocenters. The lowest BCUT2D eigenvalue weighted by Crippen LogP contribution is -2.22. The quantitative estimate of drug-likeness (QED) is 0.116. The third-order valence-electron chi connectivity index (χ3n) is 13.0. The number of nitrogens with zero attached hydrogens (tertiary/aromatic N) is 3. The van der Waals surface area contributed by atoms with Crippen LogP contribution in [0.15, 0.2) is 291 Å². The highest BCUT2D eigenvalue weighted by Gasteiger charge is 2.41. The molecule has 1 heterocycles. The van der Waals surface area contributed by atoms with Gasteiger partial charge in [0.25, 0.3) is 0 Å². The van der Waals surface area contributed by atoms with Gasteiger partial charge in [-0.1, -0.05) is 231 Å². The molecule has 0 radical (unpaired) electrons. The molecule has 0 saturated heterocycles. The largest absolute Gasteiger partial charge is 0.354 e. The van der Waals surface area contributed by atoms with Gasteiger partial charge in [-0.25, -0.2) is 0 Å². The summed E-state index contributed by atoms with van der Waals surface area (Å²) in [5.74, 6) is 0. The molecule has 4 nitrogen and oxygen atoms in total. The van der Waals surface area contributed by atoms with Gasteiger partial charge in [0, 0.05) is 36.8 Å². The smallest absolute Gasteiger partial charge is 0.138 e. The van der Waals surface area contributed by atoms with Gasteiger partial charge in [-0.15, -0.1) is 0 Å². The summed E-state index contributed by atoms with van der Waals surface area (Å²) in [6.07, 6.45) is 0. The van der Waals surface area contributed by atoms with Crippen LogP contribution in [0.3, 0.4) is 0 Å². The van der Waals surface area contributed by atoms with Crippen molar-refractivity contribution in [2.75, 3.05) is 19.3 Å². The number of hydrogen-bond acceptors (Lipinski definition) is 4. The molecule has 344 valence electrons. The van der Waals surface area contributed by atoms with Gasteiger partial charge in [0.2, 0.25) is 0 Å². The molecule has 0 amide bonds. The highest BCUT2D eigenvalue weighted by Crippen LogP contribution is 2.67. The van der Waals surface area contributed by atoms with Gasteiger partial charge in [0.1, 0.15) is 8.22 Å². The van der Waals surface area contributed by atoms with Crippen LogP contribution in [0.25, 0.3) is 44.5 Å². The molecule has 11 aromatic carbocycles. The van der Waals surface area contributed by atoms with E-state index in [0.717, 1.165) is 51.1 Å². The second kappa shape index (κ2) is 20.4. The van der Waals surface area contributed by atoms with Gasteiger partial charge in [-0.2, -0.15) is 0 Å². The van der Waals surface area contributed by atoms with Gasteiger partial charge < -0.3 is 9.99 Å². The van der Waals surface area contributed by atoms with Crippen molar-refractivity contribution < 1.29 is 0 Å². The Bertz CT molecular complexity index is 3600. The van der Waals surface area contributed by atoms with E-state index < -0.39 is 8.22 Å². The van der Waals surface area contributed by atoms with E-state index in [2.05, 4.69) is 311 Å². The highest BCUT2D eigenvalue weighted by molar-refractivity contribution is 7.70. The number of hydrogen-bond donors (Lipinski definition) is 1. The summed E-state index contributed by atoms with van der Waals surface area (Å²) < 4.78 is 7.75. The highest BCUT2D eigenvalue weighted by atomic mass is 31.1. The minimum absolute atomic E-state index is 0.272.